The monoisotopic (exact) mass is 264 g/mol. The van der Waals surface area contributed by atoms with E-state index >= 15 is 0 Å². The SMILES string of the molecule is COc1cccc(C(C(=O)O)N2CCNC(C)C2)c1. The quantitative estimate of drug-likeness (QED) is 0.853. The van der Waals surface area contributed by atoms with Crippen molar-refractivity contribution in [2.24, 2.45) is 0 Å². The van der Waals surface area contributed by atoms with Crippen molar-refractivity contribution < 1.29 is 14.6 Å². The van der Waals surface area contributed by atoms with Crippen molar-refractivity contribution in [3.8, 4) is 5.75 Å². The zero-order valence-electron chi connectivity index (χ0n) is 11.3. The number of benzene rings is 1. The second-order valence-corrected chi connectivity index (χ2v) is 4.87. The van der Waals surface area contributed by atoms with Crippen LogP contribution < -0.4 is 10.1 Å². The summed E-state index contributed by atoms with van der Waals surface area (Å²) < 4.78 is 5.17. The molecule has 5 heteroatoms. The Kier molecular flexibility index (Phi) is 4.39. The second-order valence-electron chi connectivity index (χ2n) is 4.87. The number of nitrogens with zero attached hydrogens (tertiary/aromatic N) is 1. The normalized spacial score (nSPS) is 21.9. The van der Waals surface area contributed by atoms with Gasteiger partial charge in [0.2, 0.25) is 0 Å². The third-order valence-electron chi connectivity index (χ3n) is 3.41. The average Bonchev–Trinajstić information content (AvgIpc) is 2.39. The summed E-state index contributed by atoms with van der Waals surface area (Å²) in [6, 6.07) is 6.98. The van der Waals surface area contributed by atoms with Crippen LogP contribution in [0.25, 0.3) is 0 Å². The molecule has 104 valence electrons. The van der Waals surface area contributed by atoms with Gasteiger partial charge in [0, 0.05) is 25.7 Å². The predicted molar refractivity (Wildman–Crippen MR) is 72.4 cm³/mol. The van der Waals surface area contributed by atoms with Gasteiger partial charge in [0.15, 0.2) is 0 Å². The Morgan fingerprint density at radius 1 is 1.58 bits per heavy atom. The minimum absolute atomic E-state index is 0.307. The fourth-order valence-corrected chi connectivity index (χ4v) is 2.52. The minimum atomic E-state index is -0.817. The summed E-state index contributed by atoms with van der Waals surface area (Å²) in [7, 11) is 1.59. The van der Waals surface area contributed by atoms with E-state index in [2.05, 4.69) is 12.2 Å². The average molecular weight is 264 g/mol. The zero-order chi connectivity index (χ0) is 13.8. The van der Waals surface area contributed by atoms with Crippen LogP contribution in [0.15, 0.2) is 24.3 Å². The molecule has 2 N–H and O–H groups in total. The number of piperazine rings is 1. The molecule has 1 aromatic rings. The van der Waals surface area contributed by atoms with Crippen molar-refractivity contribution in [1.29, 1.82) is 0 Å². The van der Waals surface area contributed by atoms with E-state index in [0.29, 0.717) is 11.8 Å². The summed E-state index contributed by atoms with van der Waals surface area (Å²) in [5.41, 5.74) is 0.765. The van der Waals surface area contributed by atoms with Gasteiger partial charge < -0.3 is 15.2 Å². The molecule has 5 nitrogen and oxygen atoms in total. The van der Waals surface area contributed by atoms with Crippen LogP contribution in [-0.4, -0.2) is 48.8 Å². The van der Waals surface area contributed by atoms with Crippen LogP contribution in [0.1, 0.15) is 18.5 Å². The standard InChI is InChI=1S/C14H20N2O3/c1-10-9-16(7-6-15-10)13(14(17)18)11-4-3-5-12(8-11)19-2/h3-5,8,10,13,15H,6-7,9H2,1-2H3,(H,17,18). The van der Waals surface area contributed by atoms with E-state index in [4.69, 9.17) is 4.74 Å². The number of carboxylic acid groups (broad SMARTS) is 1. The number of hydrogen-bond acceptors (Lipinski definition) is 4. The molecule has 0 aromatic heterocycles. The largest absolute Gasteiger partial charge is 0.497 e. The summed E-state index contributed by atoms with van der Waals surface area (Å²) in [6.45, 7) is 4.35. The van der Waals surface area contributed by atoms with E-state index in [1.165, 1.54) is 0 Å². The lowest BCUT2D eigenvalue weighted by Gasteiger charge is -2.36. The van der Waals surface area contributed by atoms with Crippen LogP contribution in [0.3, 0.4) is 0 Å². The molecule has 1 aliphatic heterocycles. The van der Waals surface area contributed by atoms with Gasteiger partial charge >= 0.3 is 5.97 Å². The van der Waals surface area contributed by atoms with E-state index in [1.54, 1.807) is 13.2 Å². The Labute approximate surface area is 113 Å². The molecule has 0 aliphatic carbocycles. The molecule has 2 unspecified atom stereocenters. The maximum absolute atomic E-state index is 11.6. The zero-order valence-corrected chi connectivity index (χ0v) is 11.3. The molecule has 19 heavy (non-hydrogen) atoms. The third kappa shape index (κ3) is 3.24. The molecule has 1 aromatic carbocycles. The number of aliphatic carboxylic acids is 1. The summed E-state index contributed by atoms with van der Waals surface area (Å²) in [5, 5.41) is 12.8. The number of methoxy groups -OCH3 is 1. The molecular formula is C14H20N2O3. The Morgan fingerprint density at radius 2 is 2.37 bits per heavy atom. The van der Waals surface area contributed by atoms with Crippen LogP contribution in [0, 0.1) is 0 Å². The molecule has 1 saturated heterocycles. The number of rotatable bonds is 4. The molecule has 1 heterocycles. The highest BCUT2D eigenvalue weighted by Gasteiger charge is 2.30. The first-order valence-electron chi connectivity index (χ1n) is 6.46. The van der Waals surface area contributed by atoms with Crippen LogP contribution in [0.4, 0.5) is 0 Å². The van der Waals surface area contributed by atoms with Crippen molar-refractivity contribution in [2.45, 2.75) is 19.0 Å². The van der Waals surface area contributed by atoms with Gasteiger partial charge in [0.05, 0.1) is 7.11 Å². The van der Waals surface area contributed by atoms with E-state index in [-0.39, 0.29) is 0 Å². The van der Waals surface area contributed by atoms with E-state index < -0.39 is 12.0 Å². The number of ether oxygens (including phenoxy) is 1. The topological polar surface area (TPSA) is 61.8 Å². The molecular weight excluding hydrogens is 244 g/mol. The molecule has 2 rings (SSSR count). The van der Waals surface area contributed by atoms with Gasteiger partial charge in [-0.05, 0) is 24.6 Å². The fourth-order valence-electron chi connectivity index (χ4n) is 2.52. The molecule has 2 atom stereocenters. The molecule has 1 aliphatic rings. The lowest BCUT2D eigenvalue weighted by molar-refractivity contribution is -0.144. The van der Waals surface area contributed by atoms with Gasteiger partial charge in [-0.15, -0.1) is 0 Å². The van der Waals surface area contributed by atoms with Gasteiger partial charge in [0.25, 0.3) is 0 Å². The minimum Gasteiger partial charge on any atom is -0.497 e. The Hall–Kier alpha value is -1.59. The summed E-state index contributed by atoms with van der Waals surface area (Å²) >= 11 is 0. The summed E-state index contributed by atoms with van der Waals surface area (Å²) in [5.74, 6) is -0.130. The van der Waals surface area contributed by atoms with Gasteiger partial charge in [0.1, 0.15) is 11.8 Å². The smallest absolute Gasteiger partial charge is 0.325 e. The highest BCUT2D eigenvalue weighted by Crippen LogP contribution is 2.25. The molecule has 0 bridgehead atoms. The Bertz CT molecular complexity index is 450. The Morgan fingerprint density at radius 3 is 3.00 bits per heavy atom. The van der Waals surface area contributed by atoms with Gasteiger partial charge in [-0.1, -0.05) is 12.1 Å². The third-order valence-corrected chi connectivity index (χ3v) is 3.41. The first-order valence-corrected chi connectivity index (χ1v) is 6.46. The van der Waals surface area contributed by atoms with E-state index in [1.807, 2.05) is 23.1 Å². The van der Waals surface area contributed by atoms with E-state index in [9.17, 15) is 9.90 Å². The molecule has 1 fully saturated rings. The van der Waals surface area contributed by atoms with Gasteiger partial charge in [-0.2, -0.15) is 0 Å². The van der Waals surface area contributed by atoms with Crippen molar-refractivity contribution >= 4 is 5.97 Å². The van der Waals surface area contributed by atoms with Crippen LogP contribution in [0.5, 0.6) is 5.75 Å². The number of carbonyl (C=O) groups is 1. The fraction of sp³-hybridized carbons (Fsp3) is 0.500. The van der Waals surface area contributed by atoms with Gasteiger partial charge in [-0.25, -0.2) is 0 Å². The number of nitrogens with one attached hydrogen (secondary N) is 1. The Balaban J connectivity index is 2.26. The number of hydrogen-bond donors (Lipinski definition) is 2. The molecule has 0 amide bonds. The first-order chi connectivity index (χ1) is 9.11. The van der Waals surface area contributed by atoms with Crippen molar-refractivity contribution in [1.82, 2.24) is 10.2 Å². The highest BCUT2D eigenvalue weighted by molar-refractivity contribution is 5.75. The predicted octanol–water partition coefficient (Wildman–Crippen LogP) is 1.11. The van der Waals surface area contributed by atoms with Crippen molar-refractivity contribution in [3.63, 3.8) is 0 Å². The van der Waals surface area contributed by atoms with Crippen molar-refractivity contribution in [2.75, 3.05) is 26.7 Å². The second kappa shape index (κ2) is 6.04. The number of carboxylic acids is 1. The lowest BCUT2D eigenvalue weighted by Crippen LogP contribution is -2.51. The lowest BCUT2D eigenvalue weighted by atomic mass is 10.0. The first kappa shape index (κ1) is 13.8. The van der Waals surface area contributed by atoms with Crippen LogP contribution in [0.2, 0.25) is 0 Å². The molecule has 0 saturated carbocycles. The summed E-state index contributed by atoms with van der Waals surface area (Å²) in [6.07, 6.45) is 0. The van der Waals surface area contributed by atoms with Crippen LogP contribution in [-0.2, 0) is 4.79 Å². The van der Waals surface area contributed by atoms with Gasteiger partial charge in [-0.3, -0.25) is 9.69 Å². The summed E-state index contributed by atoms with van der Waals surface area (Å²) in [4.78, 5) is 13.6. The molecule has 0 spiro atoms. The maximum Gasteiger partial charge on any atom is 0.325 e. The molecule has 0 radical (unpaired) electrons. The van der Waals surface area contributed by atoms with Crippen LogP contribution >= 0.6 is 0 Å². The maximum atomic E-state index is 11.6. The highest BCUT2D eigenvalue weighted by atomic mass is 16.5. The van der Waals surface area contributed by atoms with E-state index in [0.717, 1.165) is 25.2 Å². The van der Waals surface area contributed by atoms with Crippen molar-refractivity contribution in [3.05, 3.63) is 29.8 Å².